The molecule has 8 heteroatoms. The lowest BCUT2D eigenvalue weighted by atomic mass is 10.0. The van der Waals surface area contributed by atoms with Crippen LogP contribution in [-0.4, -0.2) is 76.5 Å². The van der Waals surface area contributed by atoms with E-state index in [0.29, 0.717) is 32.1 Å². The molecule has 0 unspecified atom stereocenters. The second-order valence-corrected chi connectivity index (χ2v) is 8.52. The van der Waals surface area contributed by atoms with Crippen molar-refractivity contribution in [2.45, 2.75) is 4.90 Å². The second kappa shape index (κ2) is 8.94. The zero-order valence-corrected chi connectivity index (χ0v) is 17.1. The first-order chi connectivity index (χ1) is 14.1. The van der Waals surface area contributed by atoms with E-state index in [1.165, 1.54) is 0 Å². The Labute approximate surface area is 171 Å². The molecule has 2 fully saturated rings. The summed E-state index contributed by atoms with van der Waals surface area (Å²) in [5.74, 6) is 0.999. The van der Waals surface area contributed by atoms with Gasteiger partial charge < -0.3 is 19.3 Å². The van der Waals surface area contributed by atoms with E-state index in [-0.39, 0.29) is 4.90 Å². The molecule has 7 nitrogen and oxygen atoms in total. The lowest BCUT2D eigenvalue weighted by molar-refractivity contribution is 0.00823. The van der Waals surface area contributed by atoms with Gasteiger partial charge in [0.25, 0.3) is 10.0 Å². The van der Waals surface area contributed by atoms with Gasteiger partial charge >= 0.3 is 0 Å². The highest BCUT2D eigenvalue weighted by atomic mass is 32.2. The van der Waals surface area contributed by atoms with E-state index in [1.54, 1.807) is 36.4 Å². The van der Waals surface area contributed by atoms with Crippen LogP contribution in [0.15, 0.2) is 75.3 Å². The lowest BCUT2D eigenvalue weighted by Gasteiger charge is -2.41. The molecule has 0 bridgehead atoms. The molecule has 1 aliphatic carbocycles. The van der Waals surface area contributed by atoms with Gasteiger partial charge in [-0.05, 0) is 24.3 Å². The molecule has 2 aliphatic heterocycles. The van der Waals surface area contributed by atoms with Gasteiger partial charge in [-0.25, -0.2) is 0 Å². The molecule has 0 amide bonds. The third-order valence-corrected chi connectivity index (χ3v) is 6.33. The Balaban J connectivity index is 1.79. The summed E-state index contributed by atoms with van der Waals surface area (Å²) in [6, 6.07) is 8.32. The highest BCUT2D eigenvalue weighted by molar-refractivity contribution is 7.90. The van der Waals surface area contributed by atoms with Crippen LogP contribution in [-0.2, 0) is 19.5 Å². The van der Waals surface area contributed by atoms with E-state index in [9.17, 15) is 8.42 Å². The summed E-state index contributed by atoms with van der Waals surface area (Å²) in [7, 11) is -3.81. The minimum Gasteiger partial charge on any atom is -0.378 e. The van der Waals surface area contributed by atoms with Crippen molar-refractivity contribution in [3.63, 3.8) is 0 Å². The number of rotatable bonds is 4. The Morgan fingerprint density at radius 3 is 1.97 bits per heavy atom. The average Bonchev–Trinajstić information content (AvgIpc) is 2.77. The van der Waals surface area contributed by atoms with Gasteiger partial charge in [-0.3, -0.25) is 0 Å². The average molecular weight is 416 g/mol. The molecule has 0 aromatic heterocycles. The number of allylic oxidation sites excluding steroid dienone is 5. The normalized spacial score (nSPS) is 21.7. The van der Waals surface area contributed by atoms with E-state index in [1.807, 2.05) is 18.2 Å². The number of sulfonamides is 1. The van der Waals surface area contributed by atoms with Crippen LogP contribution < -0.4 is 0 Å². The fourth-order valence-electron chi connectivity index (χ4n) is 3.61. The van der Waals surface area contributed by atoms with Gasteiger partial charge in [0, 0.05) is 31.8 Å². The van der Waals surface area contributed by atoms with Crippen LogP contribution in [0.25, 0.3) is 0 Å². The second-order valence-electron chi connectivity index (χ2n) is 6.92. The molecular formula is C21H25N3O4S. The number of benzene rings is 1. The van der Waals surface area contributed by atoms with E-state index in [2.05, 4.69) is 14.2 Å². The third-order valence-electron chi connectivity index (χ3n) is 5.03. The first kappa shape index (κ1) is 19.9. The van der Waals surface area contributed by atoms with Gasteiger partial charge in [0.05, 0.1) is 37.0 Å². The fraction of sp³-hybridized carbons (Fsp3) is 0.381. The largest absolute Gasteiger partial charge is 0.378 e. The number of hydrogen-bond acceptors (Lipinski definition) is 6. The number of morpholine rings is 2. The van der Waals surface area contributed by atoms with Crippen LogP contribution in [0, 0.1) is 0 Å². The van der Waals surface area contributed by atoms with Gasteiger partial charge in [-0.1, -0.05) is 30.4 Å². The van der Waals surface area contributed by atoms with E-state index in [4.69, 9.17) is 9.47 Å². The quantitative estimate of drug-likeness (QED) is 0.747. The monoisotopic (exact) mass is 415 g/mol. The highest BCUT2D eigenvalue weighted by Crippen LogP contribution is 2.25. The highest BCUT2D eigenvalue weighted by Gasteiger charge is 2.27. The summed E-state index contributed by atoms with van der Waals surface area (Å²) >= 11 is 0. The van der Waals surface area contributed by atoms with Crippen LogP contribution in [0.2, 0.25) is 0 Å². The number of ether oxygens (including phenoxy) is 2. The van der Waals surface area contributed by atoms with E-state index in [0.717, 1.165) is 37.6 Å². The first-order valence-electron chi connectivity index (χ1n) is 9.80. The molecule has 0 atom stereocenters. The molecule has 29 heavy (non-hydrogen) atoms. The summed E-state index contributed by atoms with van der Waals surface area (Å²) in [5, 5.41) is 0. The standard InChI is InChI=1S/C21H25N3O4S/c25-29(26,18-6-2-1-3-7-18)22-20-9-5-4-8-19(20)21(23-10-14-27-15-11-23)24-12-16-28-17-13-24/h1-9H,10-17H2/b22-20+. The summed E-state index contributed by atoms with van der Waals surface area (Å²) < 4.78 is 41.0. The predicted molar refractivity (Wildman–Crippen MR) is 111 cm³/mol. The topological polar surface area (TPSA) is 71.4 Å². The van der Waals surface area contributed by atoms with Gasteiger partial charge in [-0.2, -0.15) is 12.8 Å². The lowest BCUT2D eigenvalue weighted by Crippen LogP contribution is -2.47. The Bertz CT molecular complexity index is 919. The van der Waals surface area contributed by atoms with Gasteiger partial charge in [0.15, 0.2) is 0 Å². The van der Waals surface area contributed by atoms with Crippen LogP contribution in [0.1, 0.15) is 0 Å². The van der Waals surface area contributed by atoms with Crippen LogP contribution >= 0.6 is 0 Å². The predicted octanol–water partition coefficient (Wildman–Crippen LogP) is 1.82. The van der Waals surface area contributed by atoms with E-state index >= 15 is 0 Å². The van der Waals surface area contributed by atoms with Crippen molar-refractivity contribution < 1.29 is 17.9 Å². The third kappa shape index (κ3) is 4.60. The Morgan fingerprint density at radius 2 is 1.38 bits per heavy atom. The SMILES string of the molecule is O=S(=O)(/N=C1\C=CC=CC1=C(N1CCOCC1)N1CCOCC1)c1ccccc1. The molecule has 2 saturated heterocycles. The summed E-state index contributed by atoms with van der Waals surface area (Å²) in [6.07, 6.45) is 7.44. The molecule has 154 valence electrons. The maximum atomic E-state index is 12.9. The minimum atomic E-state index is -3.81. The molecule has 2 heterocycles. The molecule has 1 aromatic rings. The van der Waals surface area contributed by atoms with Crippen LogP contribution in [0.4, 0.5) is 0 Å². The molecule has 3 aliphatic rings. The van der Waals surface area contributed by atoms with Crippen molar-refractivity contribution in [3.05, 3.63) is 66.0 Å². The van der Waals surface area contributed by atoms with Crippen molar-refractivity contribution in [3.8, 4) is 0 Å². The number of hydrogen-bond donors (Lipinski definition) is 0. The van der Waals surface area contributed by atoms with Gasteiger partial charge in [-0.15, -0.1) is 0 Å². The zero-order valence-electron chi connectivity index (χ0n) is 16.2. The van der Waals surface area contributed by atoms with Crippen molar-refractivity contribution >= 4 is 15.7 Å². The fourth-order valence-corrected chi connectivity index (χ4v) is 4.63. The molecular weight excluding hydrogens is 390 g/mol. The maximum absolute atomic E-state index is 12.9. The minimum absolute atomic E-state index is 0.189. The first-order valence-corrected chi connectivity index (χ1v) is 11.2. The van der Waals surface area contributed by atoms with Gasteiger partial charge in [0.1, 0.15) is 5.82 Å². The summed E-state index contributed by atoms with van der Waals surface area (Å²) in [6.45, 7) is 5.62. The van der Waals surface area contributed by atoms with Crippen molar-refractivity contribution in [2.24, 2.45) is 4.40 Å². The van der Waals surface area contributed by atoms with Crippen molar-refractivity contribution in [2.75, 3.05) is 52.6 Å². The summed E-state index contributed by atoms with van der Waals surface area (Å²) in [5.41, 5.74) is 1.26. The van der Waals surface area contributed by atoms with Crippen LogP contribution in [0.5, 0.6) is 0 Å². The molecule has 0 N–H and O–H groups in total. The van der Waals surface area contributed by atoms with E-state index < -0.39 is 10.0 Å². The Kier molecular flexibility index (Phi) is 6.13. The van der Waals surface area contributed by atoms with Crippen molar-refractivity contribution in [1.29, 1.82) is 0 Å². The van der Waals surface area contributed by atoms with Crippen LogP contribution in [0.3, 0.4) is 0 Å². The molecule has 0 spiro atoms. The molecule has 1 aromatic carbocycles. The maximum Gasteiger partial charge on any atom is 0.282 e. The molecule has 4 rings (SSSR count). The number of nitrogens with zero attached hydrogens (tertiary/aromatic N) is 3. The molecule has 0 radical (unpaired) electrons. The zero-order chi connectivity index (χ0) is 20.1. The Hall–Kier alpha value is -2.42. The molecule has 0 saturated carbocycles. The summed E-state index contributed by atoms with van der Waals surface area (Å²) in [4.78, 5) is 4.71. The van der Waals surface area contributed by atoms with Gasteiger partial charge in [0.2, 0.25) is 0 Å². The van der Waals surface area contributed by atoms with Crippen molar-refractivity contribution in [1.82, 2.24) is 9.80 Å². The smallest absolute Gasteiger partial charge is 0.282 e. The Morgan fingerprint density at radius 1 is 0.828 bits per heavy atom.